The van der Waals surface area contributed by atoms with Crippen molar-refractivity contribution in [3.8, 4) is 0 Å². The molecule has 4 rings (SSSR count). The normalized spacial score (nSPS) is 26.5. The minimum absolute atomic E-state index is 0.115. The first-order valence-corrected chi connectivity index (χ1v) is 7.69. The van der Waals surface area contributed by atoms with E-state index in [0.29, 0.717) is 12.1 Å². The molecular formula is C15H19N5O2. The summed E-state index contributed by atoms with van der Waals surface area (Å²) in [7, 11) is 0. The smallest absolute Gasteiger partial charge is 0.272 e. The van der Waals surface area contributed by atoms with E-state index >= 15 is 0 Å². The van der Waals surface area contributed by atoms with Crippen LogP contribution in [0.4, 0.5) is 0 Å². The maximum Gasteiger partial charge on any atom is 0.272 e. The highest BCUT2D eigenvalue weighted by Gasteiger charge is 2.43. The summed E-state index contributed by atoms with van der Waals surface area (Å²) in [5.41, 5.74) is 3.67. The molecule has 0 unspecified atom stereocenters. The second-order valence-electron chi connectivity index (χ2n) is 6.25. The van der Waals surface area contributed by atoms with Gasteiger partial charge in [0.25, 0.3) is 5.91 Å². The van der Waals surface area contributed by atoms with Gasteiger partial charge in [0.15, 0.2) is 5.69 Å². The predicted molar refractivity (Wildman–Crippen MR) is 78.5 cm³/mol. The minimum Gasteiger partial charge on any atom is -0.391 e. The van der Waals surface area contributed by atoms with Crippen molar-refractivity contribution in [1.29, 1.82) is 0 Å². The molecule has 3 atom stereocenters. The third kappa shape index (κ3) is 2.04. The second-order valence-corrected chi connectivity index (χ2v) is 6.25. The van der Waals surface area contributed by atoms with Gasteiger partial charge in [0.05, 0.1) is 24.4 Å². The molecule has 7 nitrogen and oxygen atoms in total. The average Bonchev–Trinajstić information content (AvgIpc) is 3.14. The fourth-order valence-corrected chi connectivity index (χ4v) is 3.46. The molecule has 2 aromatic rings. The molecule has 1 amide bonds. The van der Waals surface area contributed by atoms with E-state index in [-0.39, 0.29) is 18.0 Å². The molecule has 116 valence electrons. The number of nitrogens with zero attached hydrogens (tertiary/aromatic N) is 3. The highest BCUT2D eigenvalue weighted by Crippen LogP contribution is 2.33. The minimum atomic E-state index is -0.477. The van der Waals surface area contributed by atoms with Gasteiger partial charge in [0, 0.05) is 17.5 Å². The summed E-state index contributed by atoms with van der Waals surface area (Å²) in [6.07, 6.45) is 6.65. The van der Waals surface area contributed by atoms with Crippen LogP contribution in [0, 0.1) is 6.92 Å². The van der Waals surface area contributed by atoms with Gasteiger partial charge in [0.1, 0.15) is 0 Å². The van der Waals surface area contributed by atoms with Crippen LogP contribution in [0.2, 0.25) is 0 Å². The first-order chi connectivity index (χ1) is 10.6. The molecular weight excluding hydrogens is 282 g/mol. The van der Waals surface area contributed by atoms with Crippen molar-refractivity contribution in [3.63, 3.8) is 0 Å². The van der Waals surface area contributed by atoms with Crippen LogP contribution in [0.3, 0.4) is 0 Å². The molecule has 2 aromatic heterocycles. The molecule has 22 heavy (non-hydrogen) atoms. The largest absolute Gasteiger partial charge is 0.391 e. The number of aliphatic hydroxyl groups excluding tert-OH is 1. The number of H-pyrrole nitrogens is 1. The lowest BCUT2D eigenvalue weighted by molar-refractivity contribution is -0.00598. The van der Waals surface area contributed by atoms with Gasteiger partial charge in [-0.05, 0) is 38.2 Å². The van der Waals surface area contributed by atoms with Crippen LogP contribution in [0.25, 0.3) is 0 Å². The third-order valence-electron chi connectivity index (χ3n) is 4.68. The predicted octanol–water partition coefficient (Wildman–Crippen LogP) is 0.508. The molecule has 0 spiro atoms. The van der Waals surface area contributed by atoms with Gasteiger partial charge in [-0.15, -0.1) is 0 Å². The van der Waals surface area contributed by atoms with E-state index in [1.54, 1.807) is 10.9 Å². The van der Waals surface area contributed by atoms with E-state index < -0.39 is 6.10 Å². The first-order valence-electron chi connectivity index (χ1n) is 7.69. The summed E-state index contributed by atoms with van der Waals surface area (Å²) in [6.45, 7) is 1.95. The van der Waals surface area contributed by atoms with Crippen molar-refractivity contribution < 1.29 is 9.90 Å². The lowest BCUT2D eigenvalue weighted by Gasteiger charge is -2.41. The Bertz CT molecular complexity index is 719. The van der Waals surface area contributed by atoms with E-state index in [1.807, 2.05) is 13.1 Å². The number of carbonyl (C=O) groups excluding carboxylic acids is 1. The maximum absolute atomic E-state index is 12.5. The Hall–Kier alpha value is -2.15. The number of nitrogens with one attached hydrogen (secondary N) is 2. The van der Waals surface area contributed by atoms with Crippen molar-refractivity contribution in [2.24, 2.45) is 0 Å². The zero-order chi connectivity index (χ0) is 15.3. The lowest BCUT2D eigenvalue weighted by Crippen LogP contribution is -2.56. The molecule has 2 aliphatic carbocycles. The van der Waals surface area contributed by atoms with Crippen molar-refractivity contribution in [3.05, 3.63) is 34.9 Å². The number of fused-ring (bicyclic) bond motifs is 1. The molecule has 1 saturated carbocycles. The SMILES string of the molecule is Cc1cnn([C@H]2[C@H](O)C[C@@H]2NC(=O)c2n[nH]c3c2CCC3)c1. The summed E-state index contributed by atoms with van der Waals surface area (Å²) >= 11 is 0. The van der Waals surface area contributed by atoms with Crippen LogP contribution in [-0.4, -0.2) is 43.1 Å². The van der Waals surface area contributed by atoms with Crippen molar-refractivity contribution in [1.82, 2.24) is 25.3 Å². The fourth-order valence-electron chi connectivity index (χ4n) is 3.46. The van der Waals surface area contributed by atoms with Crippen LogP contribution >= 0.6 is 0 Å². The fraction of sp³-hybridized carbons (Fsp3) is 0.533. The number of amides is 1. The Morgan fingerprint density at radius 3 is 3.09 bits per heavy atom. The van der Waals surface area contributed by atoms with E-state index in [9.17, 15) is 9.90 Å². The Morgan fingerprint density at radius 1 is 1.50 bits per heavy atom. The van der Waals surface area contributed by atoms with Crippen LogP contribution in [0.1, 0.15) is 46.2 Å². The number of hydrogen-bond donors (Lipinski definition) is 3. The summed E-state index contributed by atoms with van der Waals surface area (Å²) in [5, 5.41) is 24.4. The monoisotopic (exact) mass is 301 g/mol. The van der Waals surface area contributed by atoms with Gasteiger partial charge in [-0.3, -0.25) is 14.6 Å². The molecule has 1 fully saturated rings. The molecule has 3 N–H and O–H groups in total. The Labute approximate surface area is 127 Å². The Balaban J connectivity index is 1.50. The number of aryl methyl sites for hydroxylation is 2. The molecule has 2 aliphatic rings. The van der Waals surface area contributed by atoms with Gasteiger partial charge in [-0.1, -0.05) is 0 Å². The van der Waals surface area contributed by atoms with Crippen LogP contribution < -0.4 is 5.32 Å². The second kappa shape index (κ2) is 4.95. The summed E-state index contributed by atoms with van der Waals surface area (Å²) in [6, 6.07) is -0.319. The highest BCUT2D eigenvalue weighted by molar-refractivity contribution is 5.94. The van der Waals surface area contributed by atoms with Crippen LogP contribution in [0.5, 0.6) is 0 Å². The number of aromatic amines is 1. The quantitative estimate of drug-likeness (QED) is 0.769. The zero-order valence-corrected chi connectivity index (χ0v) is 12.4. The molecule has 0 aromatic carbocycles. The number of rotatable bonds is 3. The summed E-state index contributed by atoms with van der Waals surface area (Å²) in [4.78, 5) is 12.5. The highest BCUT2D eigenvalue weighted by atomic mass is 16.3. The molecule has 2 heterocycles. The maximum atomic E-state index is 12.5. The Morgan fingerprint density at radius 2 is 2.36 bits per heavy atom. The standard InChI is InChI=1S/C15H19N5O2/c1-8-6-16-20(7-8)14-11(5-12(14)21)17-15(22)13-9-3-2-4-10(9)18-19-13/h6-7,11-12,14,21H,2-5H2,1H3,(H,17,22)(H,18,19)/t11-,12+,14+/m0/s1. The number of aromatic nitrogens is 4. The number of carbonyl (C=O) groups is 1. The first kappa shape index (κ1) is 13.5. The van der Waals surface area contributed by atoms with Crippen LogP contribution in [-0.2, 0) is 12.8 Å². The van der Waals surface area contributed by atoms with Gasteiger partial charge in [-0.2, -0.15) is 10.2 Å². The molecule has 7 heteroatoms. The van der Waals surface area contributed by atoms with Crippen molar-refractivity contribution >= 4 is 5.91 Å². The van der Waals surface area contributed by atoms with Gasteiger partial charge < -0.3 is 10.4 Å². The summed E-state index contributed by atoms with van der Waals surface area (Å²) in [5.74, 6) is -0.162. The van der Waals surface area contributed by atoms with Gasteiger partial charge >= 0.3 is 0 Å². The van der Waals surface area contributed by atoms with Gasteiger partial charge in [0.2, 0.25) is 0 Å². The van der Waals surface area contributed by atoms with Crippen molar-refractivity contribution in [2.45, 2.75) is 50.8 Å². The van der Waals surface area contributed by atoms with E-state index in [1.165, 1.54) is 0 Å². The summed E-state index contributed by atoms with van der Waals surface area (Å²) < 4.78 is 1.74. The van der Waals surface area contributed by atoms with Crippen LogP contribution in [0.15, 0.2) is 12.4 Å². The van der Waals surface area contributed by atoms with E-state index in [2.05, 4.69) is 20.6 Å². The van der Waals surface area contributed by atoms with E-state index in [0.717, 1.165) is 36.1 Å². The zero-order valence-electron chi connectivity index (χ0n) is 12.4. The van der Waals surface area contributed by atoms with E-state index in [4.69, 9.17) is 0 Å². The van der Waals surface area contributed by atoms with Gasteiger partial charge in [-0.25, -0.2) is 0 Å². The Kier molecular flexibility index (Phi) is 3.04. The van der Waals surface area contributed by atoms with Crippen molar-refractivity contribution in [2.75, 3.05) is 0 Å². The number of aliphatic hydroxyl groups is 1. The average molecular weight is 301 g/mol. The topological polar surface area (TPSA) is 95.8 Å². The molecule has 0 saturated heterocycles. The molecule has 0 radical (unpaired) electrons. The molecule has 0 aliphatic heterocycles. The third-order valence-corrected chi connectivity index (χ3v) is 4.68. The number of hydrogen-bond acceptors (Lipinski definition) is 4. The lowest BCUT2D eigenvalue weighted by atomic mass is 9.83. The molecule has 0 bridgehead atoms.